The lowest BCUT2D eigenvalue weighted by Gasteiger charge is -2.12. The van der Waals surface area contributed by atoms with Crippen molar-refractivity contribution in [3.05, 3.63) is 64.8 Å². The van der Waals surface area contributed by atoms with E-state index in [2.05, 4.69) is 4.98 Å². The summed E-state index contributed by atoms with van der Waals surface area (Å²) in [7, 11) is 0. The van der Waals surface area contributed by atoms with Crippen LogP contribution in [-0.2, 0) is 9.53 Å². The highest BCUT2D eigenvalue weighted by molar-refractivity contribution is 7.99. The van der Waals surface area contributed by atoms with E-state index in [1.807, 2.05) is 55.5 Å². The number of carbonyl (C=O) groups excluding carboxylic acids is 2. The Labute approximate surface area is 173 Å². The minimum Gasteiger partial charge on any atom is -0.454 e. The second-order valence-corrected chi connectivity index (χ2v) is 8.18. The molecule has 0 saturated carbocycles. The number of hydrogen-bond donors (Lipinski definition) is 1. The van der Waals surface area contributed by atoms with Gasteiger partial charge in [-0.05, 0) is 56.4 Å². The maximum Gasteiger partial charge on any atom is 0.306 e. The predicted octanol–water partition coefficient (Wildman–Crippen LogP) is 5.82. The SMILES string of the molecule is Cc1[nH]c2ccccc2c1C(=O)[C@H](C)OC(=O)CCCSc1ccc(Cl)cc1. The number of fused-ring (bicyclic) bond motifs is 1. The standard InChI is InChI=1S/C22H22ClNO3S/c1-14-21(18-6-3-4-7-19(18)24-14)22(26)15(2)27-20(25)8-5-13-28-17-11-9-16(23)10-12-17/h3-4,6-7,9-12,15,24H,5,8,13H2,1-2H3/t15-/m0/s1. The lowest BCUT2D eigenvalue weighted by molar-refractivity contribution is -0.146. The van der Waals surface area contributed by atoms with Crippen LogP contribution in [0.1, 0.15) is 35.8 Å². The molecular weight excluding hydrogens is 394 g/mol. The van der Waals surface area contributed by atoms with Gasteiger partial charge < -0.3 is 9.72 Å². The molecule has 0 unspecified atom stereocenters. The molecule has 2 aromatic carbocycles. The van der Waals surface area contributed by atoms with Crippen LogP contribution >= 0.6 is 23.4 Å². The normalized spacial score (nSPS) is 12.1. The quantitative estimate of drug-likeness (QED) is 0.218. The molecule has 1 atom stereocenters. The average molecular weight is 416 g/mol. The van der Waals surface area contributed by atoms with Gasteiger partial charge in [0.05, 0.1) is 0 Å². The molecule has 0 aliphatic heterocycles. The van der Waals surface area contributed by atoms with Gasteiger partial charge in [-0.3, -0.25) is 9.59 Å². The Hall–Kier alpha value is -2.24. The smallest absolute Gasteiger partial charge is 0.306 e. The van der Waals surface area contributed by atoms with Crippen LogP contribution < -0.4 is 0 Å². The summed E-state index contributed by atoms with van der Waals surface area (Å²) in [4.78, 5) is 29.2. The maximum absolute atomic E-state index is 12.8. The van der Waals surface area contributed by atoms with Gasteiger partial charge in [0.15, 0.2) is 6.10 Å². The molecule has 0 fully saturated rings. The van der Waals surface area contributed by atoms with Crippen LogP contribution in [0.3, 0.4) is 0 Å². The Morgan fingerprint density at radius 3 is 2.61 bits per heavy atom. The number of Topliss-reactive ketones (excluding diaryl/α,β-unsaturated/α-hetero) is 1. The van der Waals surface area contributed by atoms with Crippen LogP contribution in [-0.4, -0.2) is 28.6 Å². The summed E-state index contributed by atoms with van der Waals surface area (Å²) in [6, 6.07) is 15.2. The highest BCUT2D eigenvalue weighted by atomic mass is 35.5. The zero-order chi connectivity index (χ0) is 20.1. The molecule has 0 aliphatic carbocycles. The number of aryl methyl sites for hydroxylation is 1. The van der Waals surface area contributed by atoms with Gasteiger partial charge in [0.1, 0.15) is 0 Å². The van der Waals surface area contributed by atoms with Crippen LogP contribution in [0.4, 0.5) is 0 Å². The molecule has 1 N–H and O–H groups in total. The molecule has 1 heterocycles. The number of aromatic amines is 1. The van der Waals surface area contributed by atoms with Crippen LogP contribution in [0.2, 0.25) is 5.02 Å². The average Bonchev–Trinajstić information content (AvgIpc) is 3.01. The van der Waals surface area contributed by atoms with Gasteiger partial charge in [-0.25, -0.2) is 0 Å². The number of aromatic nitrogens is 1. The van der Waals surface area contributed by atoms with Crippen molar-refractivity contribution in [2.45, 2.75) is 37.7 Å². The number of hydrogen-bond acceptors (Lipinski definition) is 4. The number of carbonyl (C=O) groups is 2. The number of rotatable bonds is 8. The van der Waals surface area contributed by atoms with E-state index in [-0.39, 0.29) is 18.2 Å². The van der Waals surface area contributed by atoms with Crippen LogP contribution in [0.5, 0.6) is 0 Å². The van der Waals surface area contributed by atoms with Crippen molar-refractivity contribution in [2.24, 2.45) is 0 Å². The van der Waals surface area contributed by atoms with Crippen molar-refractivity contribution in [1.82, 2.24) is 4.98 Å². The fourth-order valence-electron chi connectivity index (χ4n) is 3.04. The molecule has 0 amide bonds. The molecule has 1 aromatic heterocycles. The number of ether oxygens (including phenoxy) is 1. The molecule has 3 rings (SSSR count). The largest absolute Gasteiger partial charge is 0.454 e. The van der Waals surface area contributed by atoms with Crippen molar-refractivity contribution in [3.8, 4) is 0 Å². The maximum atomic E-state index is 12.8. The van der Waals surface area contributed by atoms with E-state index < -0.39 is 6.10 Å². The Morgan fingerprint density at radius 2 is 1.86 bits per heavy atom. The first kappa shape index (κ1) is 20.5. The van der Waals surface area contributed by atoms with Crippen LogP contribution in [0.15, 0.2) is 53.4 Å². The number of ketones is 1. The Bertz CT molecular complexity index is 981. The Balaban J connectivity index is 1.50. The summed E-state index contributed by atoms with van der Waals surface area (Å²) < 4.78 is 5.38. The summed E-state index contributed by atoms with van der Waals surface area (Å²) in [5, 5.41) is 1.56. The summed E-state index contributed by atoms with van der Waals surface area (Å²) in [6.45, 7) is 3.49. The minimum absolute atomic E-state index is 0.182. The molecule has 3 aromatic rings. The summed E-state index contributed by atoms with van der Waals surface area (Å²) in [5.74, 6) is 0.259. The van der Waals surface area contributed by atoms with Crippen molar-refractivity contribution >= 4 is 46.0 Å². The molecule has 0 radical (unpaired) electrons. The third-order valence-electron chi connectivity index (χ3n) is 4.43. The predicted molar refractivity (Wildman–Crippen MR) is 114 cm³/mol. The van der Waals surface area contributed by atoms with Gasteiger partial charge in [-0.15, -0.1) is 11.8 Å². The minimum atomic E-state index is -0.811. The second kappa shape index (κ2) is 9.30. The van der Waals surface area contributed by atoms with Gasteiger partial charge >= 0.3 is 5.97 Å². The molecular formula is C22H22ClNO3S. The number of H-pyrrole nitrogens is 1. The molecule has 0 bridgehead atoms. The van der Waals surface area contributed by atoms with E-state index >= 15 is 0 Å². The summed E-state index contributed by atoms with van der Waals surface area (Å²) >= 11 is 7.53. The molecule has 0 spiro atoms. The van der Waals surface area contributed by atoms with Crippen LogP contribution in [0, 0.1) is 6.92 Å². The van der Waals surface area contributed by atoms with Crippen molar-refractivity contribution in [2.75, 3.05) is 5.75 Å². The third kappa shape index (κ3) is 4.97. The molecule has 0 aliphatic rings. The first-order chi connectivity index (χ1) is 13.5. The molecule has 28 heavy (non-hydrogen) atoms. The molecule has 146 valence electrons. The van der Waals surface area contributed by atoms with Gasteiger partial charge in [0.2, 0.25) is 5.78 Å². The highest BCUT2D eigenvalue weighted by Crippen LogP contribution is 2.24. The number of para-hydroxylation sites is 1. The first-order valence-corrected chi connectivity index (χ1v) is 10.5. The Morgan fingerprint density at radius 1 is 1.14 bits per heavy atom. The lowest BCUT2D eigenvalue weighted by atomic mass is 10.0. The highest BCUT2D eigenvalue weighted by Gasteiger charge is 2.24. The number of thioether (sulfide) groups is 1. The van der Waals surface area contributed by atoms with Crippen LogP contribution in [0.25, 0.3) is 10.9 Å². The number of esters is 1. The lowest BCUT2D eigenvalue weighted by Crippen LogP contribution is -2.24. The number of benzene rings is 2. The molecule has 4 nitrogen and oxygen atoms in total. The van der Waals surface area contributed by atoms with Gasteiger partial charge in [0, 0.05) is 38.5 Å². The fourth-order valence-corrected chi connectivity index (χ4v) is 4.02. The molecule has 6 heteroatoms. The second-order valence-electron chi connectivity index (χ2n) is 6.57. The van der Waals surface area contributed by atoms with Crippen molar-refractivity contribution < 1.29 is 14.3 Å². The van der Waals surface area contributed by atoms with E-state index in [1.54, 1.807) is 18.7 Å². The van der Waals surface area contributed by atoms with E-state index in [0.717, 1.165) is 27.2 Å². The number of nitrogens with one attached hydrogen (secondary N) is 1. The van der Waals surface area contributed by atoms with Gasteiger partial charge in [0.25, 0.3) is 0 Å². The Kier molecular flexibility index (Phi) is 6.81. The van der Waals surface area contributed by atoms with E-state index in [9.17, 15) is 9.59 Å². The van der Waals surface area contributed by atoms with Gasteiger partial charge in [-0.2, -0.15) is 0 Å². The third-order valence-corrected chi connectivity index (χ3v) is 5.78. The molecule has 0 saturated heterocycles. The van der Waals surface area contributed by atoms with E-state index in [4.69, 9.17) is 16.3 Å². The fraction of sp³-hybridized carbons (Fsp3) is 0.273. The van der Waals surface area contributed by atoms with Gasteiger partial charge in [-0.1, -0.05) is 29.8 Å². The summed E-state index contributed by atoms with van der Waals surface area (Å²) in [5.41, 5.74) is 2.28. The van der Waals surface area contributed by atoms with Crippen molar-refractivity contribution in [1.29, 1.82) is 0 Å². The van der Waals surface area contributed by atoms with E-state index in [1.165, 1.54) is 0 Å². The monoisotopic (exact) mass is 415 g/mol. The first-order valence-electron chi connectivity index (χ1n) is 9.15. The van der Waals surface area contributed by atoms with E-state index in [0.29, 0.717) is 17.0 Å². The topological polar surface area (TPSA) is 59.2 Å². The number of halogens is 1. The summed E-state index contributed by atoms with van der Waals surface area (Å²) in [6.07, 6.45) is 0.152. The zero-order valence-corrected chi connectivity index (χ0v) is 17.4. The van der Waals surface area contributed by atoms with Crippen molar-refractivity contribution in [3.63, 3.8) is 0 Å². The zero-order valence-electron chi connectivity index (χ0n) is 15.8.